The summed E-state index contributed by atoms with van der Waals surface area (Å²) in [7, 11) is 0. The van der Waals surface area contributed by atoms with Crippen molar-refractivity contribution in [2.24, 2.45) is 46.3 Å². The summed E-state index contributed by atoms with van der Waals surface area (Å²) >= 11 is 0. The van der Waals surface area contributed by atoms with Gasteiger partial charge in [0.2, 0.25) is 5.52 Å². The van der Waals surface area contributed by atoms with E-state index in [2.05, 4.69) is 87.9 Å². The van der Waals surface area contributed by atoms with Crippen LogP contribution in [-0.4, -0.2) is 0 Å². The number of benzene rings is 1. The van der Waals surface area contributed by atoms with Gasteiger partial charge in [0.15, 0.2) is 12.2 Å². The van der Waals surface area contributed by atoms with E-state index in [1.165, 1.54) is 81.5 Å². The third-order valence-corrected chi connectivity index (χ3v) is 12.4. The van der Waals surface area contributed by atoms with E-state index in [0.29, 0.717) is 16.9 Å². The lowest BCUT2D eigenvalue weighted by atomic mass is 9.47. The van der Waals surface area contributed by atoms with Gasteiger partial charge >= 0.3 is 0 Å². The lowest BCUT2D eigenvalue weighted by Gasteiger charge is -2.58. The topological polar surface area (TPSA) is 3.88 Å². The van der Waals surface area contributed by atoms with Crippen molar-refractivity contribution < 1.29 is 4.57 Å². The van der Waals surface area contributed by atoms with Gasteiger partial charge in [0.25, 0.3) is 0 Å². The van der Waals surface area contributed by atoms with E-state index in [-0.39, 0.29) is 0 Å². The van der Waals surface area contributed by atoms with Crippen molar-refractivity contribution in [2.75, 3.05) is 0 Å². The average molecular weight is 499 g/mol. The molecule has 3 saturated carbocycles. The van der Waals surface area contributed by atoms with Gasteiger partial charge in [-0.25, -0.2) is 0 Å². The minimum atomic E-state index is 0.437. The zero-order valence-corrected chi connectivity index (χ0v) is 24.4. The van der Waals surface area contributed by atoms with Crippen molar-refractivity contribution in [3.8, 4) is 0 Å². The van der Waals surface area contributed by atoms with Crippen LogP contribution in [0.25, 0.3) is 10.9 Å². The maximum absolute atomic E-state index is 2.77. The largest absolute Gasteiger partial charge is 0.212 e. The van der Waals surface area contributed by atoms with E-state index in [1.54, 1.807) is 0 Å². The molecule has 37 heavy (non-hydrogen) atoms. The summed E-state index contributed by atoms with van der Waals surface area (Å²) in [6.45, 7) is 12.8. The van der Waals surface area contributed by atoms with Crippen molar-refractivity contribution in [1.29, 1.82) is 0 Å². The molecule has 0 N–H and O–H groups in total. The van der Waals surface area contributed by atoms with Gasteiger partial charge in [-0.3, -0.25) is 0 Å². The van der Waals surface area contributed by atoms with Crippen LogP contribution in [0.1, 0.15) is 111 Å². The van der Waals surface area contributed by atoms with Gasteiger partial charge in [-0.1, -0.05) is 77.7 Å². The van der Waals surface area contributed by atoms with Crippen LogP contribution in [0.5, 0.6) is 0 Å². The fraction of sp³-hybridized carbons (Fsp3) is 0.694. The van der Waals surface area contributed by atoms with Crippen LogP contribution in [0.3, 0.4) is 0 Å². The Bertz CT molecular complexity index is 1140. The van der Waals surface area contributed by atoms with Gasteiger partial charge < -0.3 is 0 Å². The quantitative estimate of drug-likeness (QED) is 0.276. The molecule has 1 aromatic carbocycles. The Balaban J connectivity index is 1.20. The lowest BCUT2D eigenvalue weighted by Crippen LogP contribution is -2.52. The summed E-state index contributed by atoms with van der Waals surface area (Å²) < 4.78 is 2.60. The van der Waals surface area contributed by atoms with Gasteiger partial charge in [-0.2, -0.15) is 4.57 Å². The Morgan fingerprint density at radius 1 is 0.892 bits per heavy atom. The predicted molar refractivity (Wildman–Crippen MR) is 156 cm³/mol. The molecule has 4 aliphatic carbocycles. The first-order valence-corrected chi connectivity index (χ1v) is 15.9. The number of rotatable bonds is 6. The van der Waals surface area contributed by atoms with Gasteiger partial charge in [0.05, 0.1) is 0 Å². The molecule has 6 rings (SSSR count). The van der Waals surface area contributed by atoms with Crippen molar-refractivity contribution in [1.82, 2.24) is 0 Å². The number of pyridine rings is 1. The van der Waals surface area contributed by atoms with Crippen LogP contribution in [-0.2, 0) is 0 Å². The van der Waals surface area contributed by atoms with E-state index >= 15 is 0 Å². The third-order valence-electron chi connectivity index (χ3n) is 12.4. The smallest absolute Gasteiger partial charge is 0.195 e. The highest BCUT2D eigenvalue weighted by atomic mass is 15.0. The molecule has 1 nitrogen and oxygen atoms in total. The van der Waals surface area contributed by atoms with Crippen LogP contribution < -0.4 is 4.57 Å². The van der Waals surface area contributed by atoms with Crippen molar-refractivity contribution in [2.45, 2.75) is 111 Å². The molecule has 8 atom stereocenters. The highest BCUT2D eigenvalue weighted by Crippen LogP contribution is 2.67. The monoisotopic (exact) mass is 498 g/mol. The Morgan fingerprint density at radius 3 is 2.54 bits per heavy atom. The molecule has 200 valence electrons. The van der Waals surface area contributed by atoms with E-state index in [0.717, 1.165) is 35.5 Å². The normalized spacial score (nSPS) is 38.1. The first-order valence-electron chi connectivity index (χ1n) is 15.9. The van der Waals surface area contributed by atoms with E-state index in [4.69, 9.17) is 0 Å². The van der Waals surface area contributed by atoms with Crippen molar-refractivity contribution in [3.05, 3.63) is 54.2 Å². The molecule has 2 aromatic rings. The van der Waals surface area contributed by atoms with Crippen molar-refractivity contribution in [3.63, 3.8) is 0 Å². The van der Waals surface area contributed by atoms with Crippen molar-refractivity contribution >= 4 is 10.9 Å². The number of para-hydroxylation sites is 1. The third kappa shape index (κ3) is 4.31. The Labute approximate surface area is 227 Å². The molecule has 0 aliphatic heterocycles. The summed E-state index contributed by atoms with van der Waals surface area (Å²) in [4.78, 5) is 0. The van der Waals surface area contributed by atoms with Crippen LogP contribution in [0.15, 0.2) is 54.2 Å². The van der Waals surface area contributed by atoms with Gasteiger partial charge in [0.1, 0.15) is 0 Å². The van der Waals surface area contributed by atoms with Gasteiger partial charge in [0, 0.05) is 30.4 Å². The number of nitrogens with zero attached hydrogens (tertiary/aromatic N) is 1. The standard InChI is InChI=1S/C36H52N/c1-25(2)10-8-11-26(3)31-17-18-32-30-16-15-28-24-29(37-23-9-13-27-12-6-7-14-34(27)37)19-21-35(28,4)33(30)20-22-36(31,32)5/h6-7,9,12-15,23,25-26,29-33H,8,10-11,16-22,24H2,1-5H3/q+1/t26-,29+,30+,31-,32+,33+,35+,36-/m1/s1. The van der Waals surface area contributed by atoms with Crippen LogP contribution in [0.2, 0.25) is 0 Å². The molecule has 4 aliphatic rings. The highest BCUT2D eigenvalue weighted by molar-refractivity contribution is 5.75. The molecule has 1 heteroatoms. The van der Waals surface area contributed by atoms with Crippen LogP contribution >= 0.6 is 0 Å². The fourth-order valence-corrected chi connectivity index (χ4v) is 10.4. The summed E-state index contributed by atoms with van der Waals surface area (Å²) in [6, 6.07) is 14.1. The average Bonchev–Trinajstić information content (AvgIpc) is 3.25. The second-order valence-corrected chi connectivity index (χ2v) is 14.7. The minimum Gasteiger partial charge on any atom is -0.195 e. The van der Waals surface area contributed by atoms with E-state index in [1.807, 2.05) is 5.57 Å². The molecule has 1 aromatic heterocycles. The second-order valence-electron chi connectivity index (χ2n) is 14.7. The van der Waals surface area contributed by atoms with Crippen LogP contribution in [0, 0.1) is 46.3 Å². The first-order chi connectivity index (χ1) is 17.8. The zero-order valence-electron chi connectivity index (χ0n) is 24.4. The van der Waals surface area contributed by atoms with E-state index in [9.17, 15) is 0 Å². The molecule has 1 heterocycles. The molecule has 0 spiro atoms. The Kier molecular flexibility index (Phi) is 6.82. The number of aromatic nitrogens is 1. The fourth-order valence-electron chi connectivity index (χ4n) is 10.4. The summed E-state index contributed by atoms with van der Waals surface area (Å²) in [6.07, 6.45) is 20.7. The Hall–Kier alpha value is -1.63. The summed E-state index contributed by atoms with van der Waals surface area (Å²) in [5.74, 6) is 5.53. The van der Waals surface area contributed by atoms with E-state index < -0.39 is 0 Å². The first kappa shape index (κ1) is 25.6. The SMILES string of the molecule is CC(C)CCC[C@@H](C)[C@H]1CC[C@H]2[C@@H]3CC=C4C[C@@H]([n+]5cccc6ccccc65)CC[C@]4(C)[C@H]3CC[C@]12C. The Morgan fingerprint density at radius 2 is 1.70 bits per heavy atom. The maximum Gasteiger partial charge on any atom is 0.212 e. The lowest BCUT2D eigenvalue weighted by molar-refractivity contribution is -0.700. The molecule has 0 radical (unpaired) electrons. The molecule has 0 unspecified atom stereocenters. The number of hydrogen-bond acceptors (Lipinski definition) is 0. The minimum absolute atomic E-state index is 0.437. The highest BCUT2D eigenvalue weighted by Gasteiger charge is 2.59. The molecular formula is C36H52N+. The molecule has 0 amide bonds. The van der Waals surface area contributed by atoms with Crippen LogP contribution in [0.4, 0.5) is 0 Å². The molecule has 3 fully saturated rings. The zero-order chi connectivity index (χ0) is 25.8. The maximum atomic E-state index is 2.77. The molecule has 0 bridgehead atoms. The number of fused-ring (bicyclic) bond motifs is 6. The predicted octanol–water partition coefficient (Wildman–Crippen LogP) is 9.71. The molecule has 0 saturated heterocycles. The summed E-state index contributed by atoms with van der Waals surface area (Å²) in [5, 5.41) is 1.37. The summed E-state index contributed by atoms with van der Waals surface area (Å²) in [5.41, 5.74) is 4.25. The second kappa shape index (κ2) is 9.84. The number of allylic oxidation sites excluding steroid dienone is 2. The number of hydrogen-bond donors (Lipinski definition) is 0. The van der Waals surface area contributed by atoms with Gasteiger partial charge in [-0.15, -0.1) is 0 Å². The molecular weight excluding hydrogens is 446 g/mol. The van der Waals surface area contributed by atoms with Gasteiger partial charge in [-0.05, 0) is 97.0 Å².